The van der Waals surface area contributed by atoms with Crippen molar-refractivity contribution < 1.29 is 14.3 Å². The molecule has 5 rings (SSSR count). The summed E-state index contributed by atoms with van der Waals surface area (Å²) in [7, 11) is 3.39. The molecular weight excluding hydrogens is 534 g/mol. The number of fused-ring (bicyclic) bond motifs is 1. The number of hydrogen-bond donors (Lipinski definition) is 2. The molecule has 37 heavy (non-hydrogen) atoms. The van der Waals surface area contributed by atoms with E-state index in [1.165, 1.54) is 15.8 Å². The molecule has 2 heterocycles. The van der Waals surface area contributed by atoms with Gasteiger partial charge in [0, 0.05) is 29.5 Å². The lowest BCUT2D eigenvalue weighted by atomic mass is 10.1. The van der Waals surface area contributed by atoms with E-state index in [-0.39, 0.29) is 17.5 Å². The minimum atomic E-state index is -0.240. The third kappa shape index (κ3) is 4.61. The maximum Gasteiger partial charge on any atom is 0.257 e. The Morgan fingerprint density at radius 3 is 2.57 bits per heavy atom. The first-order chi connectivity index (χ1) is 17.7. The second-order valence-electron chi connectivity index (χ2n) is 8.85. The number of halogens is 1. The lowest BCUT2D eigenvalue weighted by Crippen LogP contribution is -2.22. The van der Waals surface area contributed by atoms with E-state index in [9.17, 15) is 9.59 Å². The number of ketones is 1. The van der Waals surface area contributed by atoms with E-state index < -0.39 is 0 Å². The van der Waals surface area contributed by atoms with E-state index in [0.29, 0.717) is 34.0 Å². The molecule has 0 saturated carbocycles. The number of aromatic nitrogens is 3. The van der Waals surface area contributed by atoms with Crippen molar-refractivity contribution in [3.8, 4) is 17.2 Å². The highest BCUT2D eigenvalue weighted by molar-refractivity contribution is 9.10. The van der Waals surface area contributed by atoms with Crippen molar-refractivity contribution in [3.63, 3.8) is 0 Å². The zero-order chi connectivity index (χ0) is 26.3. The predicted octanol–water partition coefficient (Wildman–Crippen LogP) is 5.73. The molecule has 0 radical (unpaired) electrons. The molecule has 0 fully saturated rings. The van der Waals surface area contributed by atoms with Crippen molar-refractivity contribution in [3.05, 3.63) is 99.8 Å². The van der Waals surface area contributed by atoms with Crippen LogP contribution >= 0.6 is 15.9 Å². The van der Waals surface area contributed by atoms with Gasteiger partial charge in [-0.25, -0.2) is 4.68 Å². The van der Waals surface area contributed by atoms with Crippen LogP contribution in [0, 0.1) is 6.92 Å². The molecule has 8 nitrogen and oxygen atoms in total. The van der Waals surface area contributed by atoms with E-state index in [1.54, 1.807) is 44.4 Å². The Kier molecular flexibility index (Phi) is 6.31. The van der Waals surface area contributed by atoms with Crippen molar-refractivity contribution in [2.24, 2.45) is 0 Å². The number of nitrogen functional groups attached to an aromatic ring is 1. The Labute approximate surface area is 221 Å². The van der Waals surface area contributed by atoms with Gasteiger partial charge in [-0.1, -0.05) is 28.1 Å². The fourth-order valence-electron chi connectivity index (χ4n) is 4.13. The second-order valence-corrected chi connectivity index (χ2v) is 9.76. The number of ether oxygens (including phenoxy) is 1. The highest BCUT2D eigenvalue weighted by Gasteiger charge is 2.21. The summed E-state index contributed by atoms with van der Waals surface area (Å²) in [4.78, 5) is 30.4. The van der Waals surface area contributed by atoms with Crippen LogP contribution in [-0.4, -0.2) is 45.5 Å². The van der Waals surface area contributed by atoms with Gasteiger partial charge in [0.2, 0.25) is 5.78 Å². The Morgan fingerprint density at radius 1 is 1.03 bits per heavy atom. The Hall–Kier alpha value is -4.37. The van der Waals surface area contributed by atoms with Crippen LogP contribution in [0.5, 0.6) is 11.5 Å². The first-order valence-electron chi connectivity index (χ1n) is 11.5. The Morgan fingerprint density at radius 2 is 1.81 bits per heavy atom. The van der Waals surface area contributed by atoms with Gasteiger partial charge >= 0.3 is 0 Å². The number of carbonyl (C=O) groups excluding carboxylic acids is 2. The summed E-state index contributed by atoms with van der Waals surface area (Å²) in [6.45, 7) is 1.90. The van der Waals surface area contributed by atoms with Gasteiger partial charge in [0.25, 0.3) is 5.91 Å². The van der Waals surface area contributed by atoms with Gasteiger partial charge in [-0.05, 0) is 67.1 Å². The van der Waals surface area contributed by atoms with Gasteiger partial charge in [0.05, 0.1) is 28.7 Å². The third-order valence-electron chi connectivity index (χ3n) is 6.03. The van der Waals surface area contributed by atoms with Gasteiger partial charge in [0.15, 0.2) is 0 Å². The van der Waals surface area contributed by atoms with E-state index in [2.05, 4.69) is 26.0 Å². The van der Waals surface area contributed by atoms with Crippen molar-refractivity contribution in [2.45, 2.75) is 6.92 Å². The molecule has 3 aromatic carbocycles. The van der Waals surface area contributed by atoms with Gasteiger partial charge in [-0.2, -0.15) is 5.10 Å². The predicted molar refractivity (Wildman–Crippen MR) is 147 cm³/mol. The zero-order valence-corrected chi connectivity index (χ0v) is 22.0. The molecule has 2 aromatic heterocycles. The number of amides is 1. The Balaban J connectivity index is 1.42. The van der Waals surface area contributed by atoms with Crippen molar-refractivity contribution in [1.82, 2.24) is 19.7 Å². The summed E-state index contributed by atoms with van der Waals surface area (Å²) in [6.07, 6.45) is 1.48. The fourth-order valence-corrected chi connectivity index (χ4v) is 4.50. The van der Waals surface area contributed by atoms with Gasteiger partial charge < -0.3 is 20.4 Å². The number of aryl methyl sites for hydroxylation is 1. The van der Waals surface area contributed by atoms with Gasteiger partial charge in [-0.15, -0.1) is 0 Å². The van der Waals surface area contributed by atoms with Crippen molar-refractivity contribution >= 4 is 44.3 Å². The lowest BCUT2D eigenvalue weighted by Gasteiger charge is -2.15. The topological polar surface area (TPSA) is 106 Å². The number of anilines is 1. The first-order valence-corrected chi connectivity index (χ1v) is 12.3. The van der Waals surface area contributed by atoms with Crippen LogP contribution in [0.1, 0.15) is 32.0 Å². The van der Waals surface area contributed by atoms with Crippen LogP contribution in [0.3, 0.4) is 0 Å². The maximum absolute atomic E-state index is 13.2. The minimum absolute atomic E-state index is 0.145. The molecule has 0 saturated heterocycles. The number of benzene rings is 3. The Bertz CT molecular complexity index is 1670. The monoisotopic (exact) mass is 557 g/mol. The molecule has 0 unspecified atom stereocenters. The highest BCUT2D eigenvalue weighted by atomic mass is 79.9. The minimum Gasteiger partial charge on any atom is -0.457 e. The van der Waals surface area contributed by atoms with E-state index in [1.807, 2.05) is 43.3 Å². The number of carbonyl (C=O) groups is 2. The summed E-state index contributed by atoms with van der Waals surface area (Å²) in [6, 6.07) is 20.1. The average molecular weight is 558 g/mol. The molecule has 0 spiro atoms. The highest BCUT2D eigenvalue weighted by Crippen LogP contribution is 2.30. The summed E-state index contributed by atoms with van der Waals surface area (Å²) < 4.78 is 8.52. The van der Waals surface area contributed by atoms with Crippen molar-refractivity contribution in [2.75, 3.05) is 19.8 Å². The first kappa shape index (κ1) is 24.3. The molecule has 3 N–H and O–H groups in total. The van der Waals surface area contributed by atoms with E-state index >= 15 is 0 Å². The average Bonchev–Trinajstić information content (AvgIpc) is 3.47. The molecule has 1 amide bonds. The van der Waals surface area contributed by atoms with Crippen LogP contribution in [0.15, 0.2) is 77.4 Å². The smallest absolute Gasteiger partial charge is 0.257 e. The lowest BCUT2D eigenvalue weighted by molar-refractivity contribution is 0.0825. The van der Waals surface area contributed by atoms with E-state index in [4.69, 9.17) is 10.5 Å². The number of nitrogens with zero attached hydrogens (tertiary/aromatic N) is 3. The van der Waals surface area contributed by atoms with Crippen LogP contribution in [0.25, 0.3) is 16.6 Å². The van der Waals surface area contributed by atoms with Gasteiger partial charge in [0.1, 0.15) is 17.3 Å². The molecule has 9 heteroatoms. The molecule has 5 aromatic rings. The number of H-pyrrole nitrogens is 1. The second kappa shape index (κ2) is 9.59. The molecule has 0 aliphatic carbocycles. The summed E-state index contributed by atoms with van der Waals surface area (Å²) >= 11 is 3.45. The largest absolute Gasteiger partial charge is 0.457 e. The molecule has 186 valence electrons. The quantitative estimate of drug-likeness (QED) is 0.259. The molecular formula is C28H24BrN5O3. The normalized spacial score (nSPS) is 11.0. The number of hydrogen-bond acceptors (Lipinski definition) is 5. The third-order valence-corrected chi connectivity index (χ3v) is 6.52. The molecule has 0 aliphatic heterocycles. The molecule has 0 bridgehead atoms. The van der Waals surface area contributed by atoms with Crippen LogP contribution in [0.2, 0.25) is 0 Å². The summed E-state index contributed by atoms with van der Waals surface area (Å²) in [5.74, 6) is 0.879. The van der Waals surface area contributed by atoms with Crippen LogP contribution < -0.4 is 10.5 Å². The number of para-hydroxylation sites is 1. The number of nitrogens with one attached hydrogen (secondary N) is 1. The molecule has 0 atom stereocenters. The number of rotatable bonds is 6. The summed E-state index contributed by atoms with van der Waals surface area (Å²) in [5, 5.41) is 5.31. The van der Waals surface area contributed by atoms with E-state index in [0.717, 1.165) is 20.9 Å². The SMILES string of the molecule is Cc1cc(Oc2ccccc2C(=O)N(C)C)ccc1-n1ncc(C(=O)c2cc3cc(Br)ccc3[nH]2)c1N. The van der Waals surface area contributed by atoms with Crippen LogP contribution in [-0.2, 0) is 0 Å². The molecule has 0 aliphatic rings. The van der Waals surface area contributed by atoms with Gasteiger partial charge in [-0.3, -0.25) is 9.59 Å². The standard InChI is InChI=1S/C28H24BrN5O3/c1-16-12-19(37-25-7-5-4-6-20(25)28(36)33(2)3)9-11-24(16)34-27(30)21(15-31-34)26(35)23-14-17-13-18(29)8-10-22(17)32-23/h4-15,32H,30H2,1-3H3. The van der Waals surface area contributed by atoms with Crippen molar-refractivity contribution in [1.29, 1.82) is 0 Å². The summed E-state index contributed by atoms with van der Waals surface area (Å²) in [5.41, 5.74) is 10.0. The number of aromatic amines is 1. The maximum atomic E-state index is 13.2. The zero-order valence-electron chi connectivity index (χ0n) is 20.4. The van der Waals surface area contributed by atoms with Crippen LogP contribution in [0.4, 0.5) is 5.82 Å². The number of nitrogens with two attached hydrogens (primary N) is 1. The fraction of sp³-hybridized carbons (Fsp3) is 0.107.